The molecule has 4 rings (SSSR count). The monoisotopic (exact) mass is 448 g/mol. The molecule has 1 aromatic heterocycles. The minimum Gasteiger partial charge on any atom is -0.484 e. The molecule has 0 atom stereocenters. The molecule has 0 aliphatic carbocycles. The summed E-state index contributed by atoms with van der Waals surface area (Å²) in [5, 5.41) is 8.88. The van der Waals surface area contributed by atoms with Crippen molar-refractivity contribution < 1.29 is 9.53 Å². The Balaban J connectivity index is 1.40. The van der Waals surface area contributed by atoms with E-state index in [-0.39, 0.29) is 24.6 Å². The SMILES string of the molecule is CC(C)c1ccc(OCC(=O)NCc2nn(CCN3CCCC3)c(=O)c3ccccc23)cc1. The van der Waals surface area contributed by atoms with Crippen LogP contribution in [-0.2, 0) is 17.9 Å². The minimum atomic E-state index is -0.233. The summed E-state index contributed by atoms with van der Waals surface area (Å²) in [6, 6.07) is 15.2. The largest absolute Gasteiger partial charge is 0.484 e. The number of amides is 1. The van der Waals surface area contributed by atoms with Gasteiger partial charge < -0.3 is 15.0 Å². The van der Waals surface area contributed by atoms with Crippen molar-refractivity contribution in [2.24, 2.45) is 0 Å². The normalized spacial score (nSPS) is 14.2. The highest BCUT2D eigenvalue weighted by Gasteiger charge is 2.15. The fourth-order valence-electron chi connectivity index (χ4n) is 4.16. The number of hydrogen-bond acceptors (Lipinski definition) is 5. The lowest BCUT2D eigenvalue weighted by Crippen LogP contribution is -2.33. The van der Waals surface area contributed by atoms with Crippen LogP contribution in [0.4, 0.5) is 0 Å². The van der Waals surface area contributed by atoms with Gasteiger partial charge in [0, 0.05) is 11.9 Å². The Morgan fingerprint density at radius 2 is 1.73 bits per heavy atom. The summed E-state index contributed by atoms with van der Waals surface area (Å²) in [7, 11) is 0. The summed E-state index contributed by atoms with van der Waals surface area (Å²) in [4.78, 5) is 27.7. The molecule has 1 saturated heterocycles. The number of fused-ring (bicyclic) bond motifs is 1. The van der Waals surface area contributed by atoms with E-state index in [1.54, 1.807) is 0 Å². The van der Waals surface area contributed by atoms with Crippen molar-refractivity contribution in [3.8, 4) is 5.75 Å². The Morgan fingerprint density at radius 1 is 1.03 bits per heavy atom. The second kappa shape index (κ2) is 10.6. The number of rotatable bonds is 9. The first-order valence-electron chi connectivity index (χ1n) is 11.7. The van der Waals surface area contributed by atoms with Crippen molar-refractivity contribution in [2.45, 2.75) is 45.7 Å². The zero-order chi connectivity index (χ0) is 23.2. The first-order valence-corrected chi connectivity index (χ1v) is 11.7. The topological polar surface area (TPSA) is 76.5 Å². The van der Waals surface area contributed by atoms with Crippen LogP contribution in [0.15, 0.2) is 53.3 Å². The van der Waals surface area contributed by atoms with Gasteiger partial charge in [0.1, 0.15) is 5.75 Å². The Bertz CT molecular complexity index is 1150. The highest BCUT2D eigenvalue weighted by atomic mass is 16.5. The maximum absolute atomic E-state index is 12.9. The van der Waals surface area contributed by atoms with E-state index < -0.39 is 0 Å². The highest BCUT2D eigenvalue weighted by molar-refractivity contribution is 5.84. The van der Waals surface area contributed by atoms with Crippen LogP contribution in [-0.4, -0.2) is 46.8 Å². The van der Waals surface area contributed by atoms with Crippen molar-refractivity contribution in [3.63, 3.8) is 0 Å². The molecule has 1 fully saturated rings. The molecule has 0 saturated carbocycles. The van der Waals surface area contributed by atoms with Crippen molar-refractivity contribution in [2.75, 3.05) is 26.2 Å². The molecule has 0 unspecified atom stereocenters. The predicted molar refractivity (Wildman–Crippen MR) is 130 cm³/mol. The van der Waals surface area contributed by atoms with E-state index in [9.17, 15) is 9.59 Å². The number of carbonyl (C=O) groups is 1. The molecule has 2 heterocycles. The molecule has 7 heteroatoms. The zero-order valence-electron chi connectivity index (χ0n) is 19.4. The Hall–Kier alpha value is -3.19. The summed E-state index contributed by atoms with van der Waals surface area (Å²) in [6.45, 7) is 7.93. The molecule has 1 aliphatic rings. The fraction of sp³-hybridized carbons (Fsp3) is 0.423. The molecule has 174 valence electrons. The molecular weight excluding hydrogens is 416 g/mol. The van der Waals surface area contributed by atoms with Crippen LogP contribution in [0.25, 0.3) is 10.8 Å². The standard InChI is InChI=1S/C26H32N4O3/c1-19(2)20-9-11-21(12-10-20)33-18-25(31)27-17-24-22-7-3-4-8-23(22)26(32)30(28-24)16-15-29-13-5-6-14-29/h3-4,7-12,19H,5-6,13-18H2,1-2H3,(H,27,31). The lowest BCUT2D eigenvalue weighted by atomic mass is 10.0. The van der Waals surface area contributed by atoms with E-state index in [4.69, 9.17) is 4.74 Å². The van der Waals surface area contributed by atoms with E-state index in [0.717, 1.165) is 25.0 Å². The maximum Gasteiger partial charge on any atom is 0.274 e. The molecule has 7 nitrogen and oxygen atoms in total. The fourth-order valence-corrected chi connectivity index (χ4v) is 4.16. The number of carbonyl (C=O) groups excluding carboxylic acids is 1. The number of nitrogens with one attached hydrogen (secondary N) is 1. The average molecular weight is 449 g/mol. The molecule has 3 aromatic rings. The smallest absolute Gasteiger partial charge is 0.274 e. The van der Waals surface area contributed by atoms with Gasteiger partial charge in [0.15, 0.2) is 6.61 Å². The Morgan fingerprint density at radius 3 is 2.42 bits per heavy atom. The lowest BCUT2D eigenvalue weighted by Gasteiger charge is -2.16. The number of nitrogens with zero attached hydrogens (tertiary/aromatic N) is 3. The van der Waals surface area contributed by atoms with Gasteiger partial charge in [-0.15, -0.1) is 0 Å². The van der Waals surface area contributed by atoms with E-state index in [0.29, 0.717) is 29.3 Å². The molecule has 0 radical (unpaired) electrons. The van der Waals surface area contributed by atoms with Gasteiger partial charge in [-0.05, 0) is 55.6 Å². The van der Waals surface area contributed by atoms with Crippen molar-refractivity contribution >= 4 is 16.7 Å². The van der Waals surface area contributed by atoms with E-state index in [2.05, 4.69) is 29.2 Å². The second-order valence-corrected chi connectivity index (χ2v) is 8.86. The first-order chi connectivity index (χ1) is 16.0. The third-order valence-electron chi connectivity index (χ3n) is 6.14. The van der Waals surface area contributed by atoms with Crippen LogP contribution in [0, 0.1) is 0 Å². The first kappa shape index (κ1) is 23.0. The molecule has 0 spiro atoms. The zero-order valence-corrected chi connectivity index (χ0v) is 19.4. The summed E-state index contributed by atoms with van der Waals surface area (Å²) in [5.74, 6) is 0.875. The van der Waals surface area contributed by atoms with E-state index in [1.807, 2.05) is 48.5 Å². The third-order valence-corrected chi connectivity index (χ3v) is 6.14. The summed E-state index contributed by atoms with van der Waals surface area (Å²) in [5.41, 5.74) is 1.82. The number of hydrogen-bond donors (Lipinski definition) is 1. The number of benzene rings is 2. The van der Waals surface area contributed by atoms with Crippen LogP contribution in [0.2, 0.25) is 0 Å². The van der Waals surface area contributed by atoms with Gasteiger partial charge in [-0.1, -0.05) is 44.2 Å². The molecule has 2 aromatic carbocycles. The van der Waals surface area contributed by atoms with Crippen LogP contribution in [0.1, 0.15) is 43.9 Å². The Kier molecular flexibility index (Phi) is 7.40. The minimum absolute atomic E-state index is 0.0758. The maximum atomic E-state index is 12.9. The van der Waals surface area contributed by atoms with Crippen LogP contribution >= 0.6 is 0 Å². The summed E-state index contributed by atoms with van der Waals surface area (Å²) < 4.78 is 7.16. The molecule has 1 N–H and O–H groups in total. The number of likely N-dealkylation sites (tertiary alicyclic amines) is 1. The van der Waals surface area contributed by atoms with Gasteiger partial charge >= 0.3 is 0 Å². The Labute approximate surface area is 194 Å². The van der Waals surface area contributed by atoms with Gasteiger partial charge in [-0.3, -0.25) is 9.59 Å². The predicted octanol–water partition coefficient (Wildman–Crippen LogP) is 3.31. The number of aromatic nitrogens is 2. The summed E-state index contributed by atoms with van der Waals surface area (Å²) in [6.07, 6.45) is 2.42. The van der Waals surface area contributed by atoms with Gasteiger partial charge in [0.25, 0.3) is 11.5 Å². The van der Waals surface area contributed by atoms with Crippen LogP contribution in [0.3, 0.4) is 0 Å². The second-order valence-electron chi connectivity index (χ2n) is 8.86. The quantitative estimate of drug-likeness (QED) is 0.544. The lowest BCUT2D eigenvalue weighted by molar-refractivity contribution is -0.123. The van der Waals surface area contributed by atoms with E-state index in [1.165, 1.54) is 23.1 Å². The highest BCUT2D eigenvalue weighted by Crippen LogP contribution is 2.18. The molecule has 0 bridgehead atoms. The average Bonchev–Trinajstić information content (AvgIpc) is 3.35. The summed E-state index contributed by atoms with van der Waals surface area (Å²) >= 11 is 0. The molecule has 1 amide bonds. The molecule has 33 heavy (non-hydrogen) atoms. The number of ether oxygens (including phenoxy) is 1. The molecular formula is C26H32N4O3. The van der Waals surface area contributed by atoms with Gasteiger partial charge in [-0.2, -0.15) is 5.10 Å². The van der Waals surface area contributed by atoms with Crippen molar-refractivity contribution in [1.82, 2.24) is 20.0 Å². The van der Waals surface area contributed by atoms with Crippen LogP contribution < -0.4 is 15.6 Å². The molecule has 1 aliphatic heterocycles. The van der Waals surface area contributed by atoms with Gasteiger partial charge in [0.05, 0.1) is 24.2 Å². The van der Waals surface area contributed by atoms with E-state index >= 15 is 0 Å². The van der Waals surface area contributed by atoms with Crippen LogP contribution in [0.5, 0.6) is 5.75 Å². The van der Waals surface area contributed by atoms with Gasteiger partial charge in [-0.25, -0.2) is 4.68 Å². The van der Waals surface area contributed by atoms with Crippen molar-refractivity contribution in [1.29, 1.82) is 0 Å². The van der Waals surface area contributed by atoms with Crippen molar-refractivity contribution in [3.05, 3.63) is 70.1 Å². The third kappa shape index (κ3) is 5.79. The van der Waals surface area contributed by atoms with Gasteiger partial charge in [0.2, 0.25) is 0 Å².